The second kappa shape index (κ2) is 5.21. The third-order valence-corrected chi connectivity index (χ3v) is 3.27. The monoisotopic (exact) mass is 206 g/mol. The van der Waals surface area contributed by atoms with Gasteiger partial charge in [0.15, 0.2) is 0 Å². The molecule has 0 bridgehead atoms. The Balaban J connectivity index is 2.03. The molecule has 1 fully saturated rings. The molecule has 0 amide bonds. The highest BCUT2D eigenvalue weighted by Gasteiger charge is 2.22. The molecule has 3 nitrogen and oxygen atoms in total. The lowest BCUT2D eigenvalue weighted by atomic mass is 9.91. The van der Waals surface area contributed by atoms with Gasteiger partial charge < -0.3 is 5.11 Å². The molecule has 1 saturated carbocycles. The zero-order chi connectivity index (χ0) is 10.5. The van der Waals surface area contributed by atoms with Gasteiger partial charge in [0.25, 0.3) is 0 Å². The van der Waals surface area contributed by atoms with Crippen molar-refractivity contribution in [2.45, 2.75) is 44.6 Å². The van der Waals surface area contributed by atoms with Crippen molar-refractivity contribution in [3.05, 3.63) is 24.3 Å². The van der Waals surface area contributed by atoms with Crippen LogP contribution in [0, 0.1) is 5.92 Å². The van der Waals surface area contributed by atoms with Gasteiger partial charge in [-0.15, -0.1) is 0 Å². The van der Waals surface area contributed by atoms with E-state index < -0.39 is 0 Å². The first-order chi connectivity index (χ1) is 7.38. The van der Waals surface area contributed by atoms with Crippen LogP contribution in [0.5, 0.6) is 0 Å². The number of hydrogen-bond acceptors (Lipinski definition) is 3. The molecule has 1 unspecified atom stereocenters. The average Bonchev–Trinajstić information content (AvgIpc) is 2.58. The van der Waals surface area contributed by atoms with Crippen LogP contribution in [0.2, 0.25) is 0 Å². The summed E-state index contributed by atoms with van der Waals surface area (Å²) in [5, 5.41) is 10.2. The number of rotatable bonds is 2. The van der Waals surface area contributed by atoms with Crippen LogP contribution in [0.1, 0.15) is 50.2 Å². The minimum atomic E-state index is -0.371. The first-order valence-corrected chi connectivity index (χ1v) is 5.81. The summed E-state index contributed by atoms with van der Waals surface area (Å²) in [6.45, 7) is 0. The molecule has 1 aliphatic rings. The third-order valence-electron chi connectivity index (χ3n) is 3.27. The van der Waals surface area contributed by atoms with Crippen molar-refractivity contribution < 1.29 is 5.11 Å². The van der Waals surface area contributed by atoms with Crippen molar-refractivity contribution in [3.63, 3.8) is 0 Å². The number of aromatic nitrogens is 2. The Morgan fingerprint density at radius 1 is 1.07 bits per heavy atom. The summed E-state index contributed by atoms with van der Waals surface area (Å²) in [5.41, 5.74) is 0.865. The van der Waals surface area contributed by atoms with Gasteiger partial charge in [0.05, 0.1) is 6.10 Å². The van der Waals surface area contributed by atoms with E-state index in [-0.39, 0.29) is 6.10 Å². The van der Waals surface area contributed by atoms with Crippen LogP contribution in [0.25, 0.3) is 0 Å². The SMILES string of the molecule is OC(c1cncnc1)C1CCCCCC1. The van der Waals surface area contributed by atoms with E-state index in [4.69, 9.17) is 0 Å². The topological polar surface area (TPSA) is 46.0 Å². The van der Waals surface area contributed by atoms with Gasteiger partial charge in [-0.2, -0.15) is 0 Å². The van der Waals surface area contributed by atoms with Crippen molar-refractivity contribution in [1.82, 2.24) is 9.97 Å². The summed E-state index contributed by atoms with van der Waals surface area (Å²) in [6, 6.07) is 0. The van der Waals surface area contributed by atoms with E-state index in [0.29, 0.717) is 5.92 Å². The minimum Gasteiger partial charge on any atom is -0.388 e. The number of aliphatic hydroxyl groups is 1. The van der Waals surface area contributed by atoms with E-state index in [1.54, 1.807) is 12.4 Å². The average molecular weight is 206 g/mol. The van der Waals surface area contributed by atoms with E-state index in [0.717, 1.165) is 18.4 Å². The zero-order valence-electron chi connectivity index (χ0n) is 8.97. The Bertz CT molecular complexity index is 281. The van der Waals surface area contributed by atoms with Crippen LogP contribution in [0.3, 0.4) is 0 Å². The Morgan fingerprint density at radius 3 is 2.27 bits per heavy atom. The molecule has 15 heavy (non-hydrogen) atoms. The van der Waals surface area contributed by atoms with Crippen LogP contribution in [0.15, 0.2) is 18.7 Å². The molecule has 0 spiro atoms. The van der Waals surface area contributed by atoms with Crippen LogP contribution in [0.4, 0.5) is 0 Å². The molecule has 0 radical (unpaired) electrons. The molecule has 1 N–H and O–H groups in total. The Labute approximate surface area is 90.6 Å². The maximum atomic E-state index is 10.2. The fourth-order valence-corrected chi connectivity index (χ4v) is 2.36. The van der Waals surface area contributed by atoms with Gasteiger partial charge in [0.1, 0.15) is 6.33 Å². The molecule has 1 aliphatic carbocycles. The van der Waals surface area contributed by atoms with Gasteiger partial charge in [-0.05, 0) is 18.8 Å². The summed E-state index contributed by atoms with van der Waals surface area (Å²) in [7, 11) is 0. The summed E-state index contributed by atoms with van der Waals surface area (Å²) in [4.78, 5) is 7.91. The second-order valence-corrected chi connectivity index (χ2v) is 4.37. The Morgan fingerprint density at radius 2 is 1.67 bits per heavy atom. The Kier molecular flexibility index (Phi) is 3.67. The first kappa shape index (κ1) is 10.6. The minimum absolute atomic E-state index is 0.371. The quantitative estimate of drug-likeness (QED) is 0.756. The lowest BCUT2D eigenvalue weighted by Crippen LogP contribution is -2.12. The van der Waals surface area contributed by atoms with Crippen molar-refractivity contribution in [2.24, 2.45) is 5.92 Å². The molecular formula is C12H18N2O. The normalized spacial score (nSPS) is 20.9. The molecule has 0 saturated heterocycles. The van der Waals surface area contributed by atoms with E-state index >= 15 is 0 Å². The highest BCUT2D eigenvalue weighted by molar-refractivity contribution is 5.07. The van der Waals surface area contributed by atoms with E-state index in [9.17, 15) is 5.11 Å². The zero-order valence-corrected chi connectivity index (χ0v) is 8.97. The highest BCUT2D eigenvalue weighted by Crippen LogP contribution is 2.32. The molecular weight excluding hydrogens is 188 g/mol. The van der Waals surface area contributed by atoms with Gasteiger partial charge in [-0.1, -0.05) is 25.7 Å². The van der Waals surface area contributed by atoms with E-state index in [1.807, 2.05) is 0 Å². The molecule has 0 aromatic carbocycles. The summed E-state index contributed by atoms with van der Waals surface area (Å²) in [5.74, 6) is 0.401. The molecule has 1 atom stereocenters. The highest BCUT2D eigenvalue weighted by atomic mass is 16.3. The van der Waals surface area contributed by atoms with Crippen molar-refractivity contribution >= 4 is 0 Å². The van der Waals surface area contributed by atoms with E-state index in [1.165, 1.54) is 32.0 Å². The van der Waals surface area contributed by atoms with Gasteiger partial charge in [0, 0.05) is 18.0 Å². The molecule has 3 heteroatoms. The number of hydrogen-bond donors (Lipinski definition) is 1. The lowest BCUT2D eigenvalue weighted by molar-refractivity contribution is 0.0981. The van der Waals surface area contributed by atoms with Crippen LogP contribution in [-0.2, 0) is 0 Å². The van der Waals surface area contributed by atoms with Gasteiger partial charge in [-0.25, -0.2) is 9.97 Å². The second-order valence-electron chi connectivity index (χ2n) is 4.37. The smallest absolute Gasteiger partial charge is 0.115 e. The van der Waals surface area contributed by atoms with Crippen LogP contribution in [-0.4, -0.2) is 15.1 Å². The summed E-state index contributed by atoms with van der Waals surface area (Å²) < 4.78 is 0. The predicted octanol–water partition coefficient (Wildman–Crippen LogP) is 2.48. The maximum Gasteiger partial charge on any atom is 0.115 e. The van der Waals surface area contributed by atoms with Gasteiger partial charge >= 0.3 is 0 Å². The molecule has 1 aromatic heterocycles. The maximum absolute atomic E-state index is 10.2. The fraction of sp³-hybridized carbons (Fsp3) is 0.667. The third kappa shape index (κ3) is 2.75. The fourth-order valence-electron chi connectivity index (χ4n) is 2.36. The summed E-state index contributed by atoms with van der Waals surface area (Å²) >= 11 is 0. The van der Waals surface area contributed by atoms with Gasteiger partial charge in [0.2, 0.25) is 0 Å². The lowest BCUT2D eigenvalue weighted by Gasteiger charge is -2.20. The largest absolute Gasteiger partial charge is 0.388 e. The van der Waals surface area contributed by atoms with Crippen molar-refractivity contribution in [2.75, 3.05) is 0 Å². The molecule has 1 aromatic rings. The molecule has 0 aliphatic heterocycles. The summed E-state index contributed by atoms with van der Waals surface area (Å²) in [6.07, 6.45) is 12.0. The van der Waals surface area contributed by atoms with E-state index in [2.05, 4.69) is 9.97 Å². The van der Waals surface area contributed by atoms with Crippen molar-refractivity contribution in [3.8, 4) is 0 Å². The van der Waals surface area contributed by atoms with Crippen LogP contribution >= 0.6 is 0 Å². The molecule has 82 valence electrons. The Hall–Kier alpha value is -0.960. The van der Waals surface area contributed by atoms with Crippen molar-refractivity contribution in [1.29, 1.82) is 0 Å². The number of nitrogens with zero attached hydrogens (tertiary/aromatic N) is 2. The number of aliphatic hydroxyl groups excluding tert-OH is 1. The molecule has 1 heterocycles. The first-order valence-electron chi connectivity index (χ1n) is 5.81. The molecule has 2 rings (SSSR count). The predicted molar refractivity (Wildman–Crippen MR) is 58.2 cm³/mol. The van der Waals surface area contributed by atoms with Crippen LogP contribution < -0.4 is 0 Å². The standard InChI is InChI=1S/C12H18N2O/c15-12(11-7-13-9-14-8-11)10-5-3-1-2-4-6-10/h7-10,12,15H,1-6H2. The van der Waals surface area contributed by atoms with Gasteiger partial charge in [-0.3, -0.25) is 0 Å².